The molecule has 0 aliphatic rings. The van der Waals surface area contributed by atoms with Crippen molar-refractivity contribution in [3.8, 4) is 5.75 Å². The van der Waals surface area contributed by atoms with Crippen molar-refractivity contribution in [2.45, 2.75) is 6.92 Å². The number of aryl methyl sites for hydroxylation is 1. The van der Waals surface area contributed by atoms with E-state index in [4.69, 9.17) is 25.9 Å². The van der Waals surface area contributed by atoms with Gasteiger partial charge in [0, 0.05) is 11.8 Å². The van der Waals surface area contributed by atoms with E-state index in [-0.39, 0.29) is 29.9 Å². The highest BCUT2D eigenvalue weighted by molar-refractivity contribution is 6.32. The summed E-state index contributed by atoms with van der Waals surface area (Å²) < 4.78 is 10.2. The largest absolute Gasteiger partial charge is 0.491 e. The smallest absolute Gasteiger partial charge is 0.260 e. The molecule has 0 aliphatic carbocycles. The first-order valence-electron chi connectivity index (χ1n) is 6.00. The molecule has 5 nitrogen and oxygen atoms in total. The Morgan fingerprint density at radius 3 is 2.90 bits per heavy atom. The zero-order valence-electron chi connectivity index (χ0n) is 10.9. The first-order chi connectivity index (χ1) is 9.60. The third kappa shape index (κ3) is 3.53. The maximum Gasteiger partial charge on any atom is 0.260 e. The van der Waals surface area contributed by atoms with Crippen LogP contribution in [0.5, 0.6) is 5.75 Å². The summed E-state index contributed by atoms with van der Waals surface area (Å²) in [7, 11) is 0. The summed E-state index contributed by atoms with van der Waals surface area (Å²) in [5, 5.41) is 11.5. The van der Waals surface area contributed by atoms with Crippen LogP contribution in [0.4, 0.5) is 5.69 Å². The molecule has 0 saturated heterocycles. The zero-order chi connectivity index (χ0) is 14.5. The Morgan fingerprint density at radius 1 is 1.45 bits per heavy atom. The van der Waals surface area contributed by atoms with Gasteiger partial charge in [-0.25, -0.2) is 0 Å². The van der Waals surface area contributed by atoms with Gasteiger partial charge in [0.1, 0.15) is 12.4 Å². The van der Waals surface area contributed by atoms with Gasteiger partial charge in [-0.3, -0.25) is 4.79 Å². The molecule has 0 spiro atoms. The van der Waals surface area contributed by atoms with Crippen molar-refractivity contribution >= 4 is 23.2 Å². The number of carbonyl (C=O) groups excluding carboxylic acids is 1. The van der Waals surface area contributed by atoms with E-state index in [9.17, 15) is 4.79 Å². The number of carbonyl (C=O) groups is 1. The first kappa shape index (κ1) is 14.4. The van der Waals surface area contributed by atoms with Crippen molar-refractivity contribution in [2.24, 2.45) is 0 Å². The minimum absolute atomic E-state index is 0.0481. The summed E-state index contributed by atoms with van der Waals surface area (Å²) in [5.74, 6) is 0.218. The molecule has 1 amide bonds. The topological polar surface area (TPSA) is 71.7 Å². The van der Waals surface area contributed by atoms with Crippen molar-refractivity contribution < 1.29 is 19.1 Å². The summed E-state index contributed by atoms with van der Waals surface area (Å²) in [5.41, 5.74) is 1.78. The van der Waals surface area contributed by atoms with Crippen molar-refractivity contribution in [1.29, 1.82) is 0 Å². The molecule has 0 radical (unpaired) electrons. The van der Waals surface area contributed by atoms with Crippen molar-refractivity contribution in [2.75, 3.05) is 18.5 Å². The van der Waals surface area contributed by atoms with Gasteiger partial charge in [0.15, 0.2) is 0 Å². The molecule has 0 saturated carbocycles. The predicted octanol–water partition coefficient (Wildman–Crippen LogP) is 2.86. The van der Waals surface area contributed by atoms with Crippen LogP contribution in [-0.4, -0.2) is 24.2 Å². The second-order valence-electron chi connectivity index (χ2n) is 4.17. The Labute approximate surface area is 121 Å². The highest BCUT2D eigenvalue weighted by atomic mass is 35.5. The molecule has 1 aromatic carbocycles. The van der Waals surface area contributed by atoms with Crippen LogP contribution >= 0.6 is 11.6 Å². The second-order valence-corrected chi connectivity index (χ2v) is 4.51. The lowest BCUT2D eigenvalue weighted by Gasteiger charge is -2.09. The number of hydrogen-bond acceptors (Lipinski definition) is 4. The number of aliphatic hydroxyl groups excluding tert-OH is 1. The summed E-state index contributed by atoms with van der Waals surface area (Å²) in [4.78, 5) is 12.0. The predicted molar refractivity (Wildman–Crippen MR) is 75.4 cm³/mol. The van der Waals surface area contributed by atoms with Gasteiger partial charge in [-0.05, 0) is 42.3 Å². The molecule has 2 rings (SSSR count). The minimum atomic E-state index is -0.359. The van der Waals surface area contributed by atoms with E-state index in [2.05, 4.69) is 5.32 Å². The maximum atomic E-state index is 12.0. The Bertz CT molecular complexity index is 609. The molecule has 2 aromatic rings. The van der Waals surface area contributed by atoms with Crippen molar-refractivity contribution in [1.82, 2.24) is 0 Å². The number of ether oxygens (including phenoxy) is 1. The van der Waals surface area contributed by atoms with E-state index in [1.54, 1.807) is 12.1 Å². The molecular weight excluding hydrogens is 282 g/mol. The first-order valence-corrected chi connectivity index (χ1v) is 6.37. The third-order valence-electron chi connectivity index (χ3n) is 2.53. The number of amides is 1. The van der Waals surface area contributed by atoms with Crippen LogP contribution in [0.3, 0.4) is 0 Å². The lowest BCUT2D eigenvalue weighted by atomic mass is 10.2. The molecule has 106 valence electrons. The van der Waals surface area contributed by atoms with Crippen LogP contribution < -0.4 is 10.1 Å². The van der Waals surface area contributed by atoms with Gasteiger partial charge in [0.05, 0.1) is 18.4 Å². The third-order valence-corrected chi connectivity index (χ3v) is 2.82. The van der Waals surface area contributed by atoms with E-state index in [1.165, 1.54) is 12.3 Å². The molecular formula is C14H14ClNO4. The van der Waals surface area contributed by atoms with Gasteiger partial charge in [-0.15, -0.1) is 0 Å². The van der Waals surface area contributed by atoms with Crippen LogP contribution in [0.15, 0.2) is 34.9 Å². The number of nitrogens with one attached hydrogen (secondary N) is 1. The highest BCUT2D eigenvalue weighted by Crippen LogP contribution is 2.23. The molecule has 0 atom stereocenters. The lowest BCUT2D eigenvalue weighted by molar-refractivity contribution is 0.102. The number of benzene rings is 1. The molecule has 0 aliphatic heterocycles. The molecule has 1 heterocycles. The Morgan fingerprint density at radius 2 is 2.25 bits per heavy atom. The van der Waals surface area contributed by atoms with Gasteiger partial charge in [-0.1, -0.05) is 0 Å². The summed E-state index contributed by atoms with van der Waals surface area (Å²) in [6, 6.07) is 6.79. The standard InChI is InChI=1S/C14H14ClNO4/c1-9-6-10(8-11(7-9)19-5-3-17)16-14(18)12-2-4-20-13(12)15/h2,4,6-8,17H,3,5H2,1H3,(H,16,18). The number of aliphatic hydroxyl groups is 1. The van der Waals surface area contributed by atoms with E-state index >= 15 is 0 Å². The lowest BCUT2D eigenvalue weighted by Crippen LogP contribution is -2.12. The monoisotopic (exact) mass is 295 g/mol. The van der Waals surface area contributed by atoms with Crippen LogP contribution in [0.1, 0.15) is 15.9 Å². The number of furan rings is 1. The van der Waals surface area contributed by atoms with E-state index in [1.807, 2.05) is 13.0 Å². The number of anilines is 1. The van der Waals surface area contributed by atoms with Gasteiger partial charge in [0.25, 0.3) is 5.91 Å². The normalized spacial score (nSPS) is 10.3. The van der Waals surface area contributed by atoms with Crippen LogP contribution in [-0.2, 0) is 0 Å². The molecule has 1 aromatic heterocycles. The van der Waals surface area contributed by atoms with Crippen molar-refractivity contribution in [3.63, 3.8) is 0 Å². The van der Waals surface area contributed by atoms with Gasteiger partial charge < -0.3 is 19.6 Å². The Hall–Kier alpha value is -1.98. The number of hydrogen-bond donors (Lipinski definition) is 2. The van der Waals surface area contributed by atoms with E-state index in [0.29, 0.717) is 11.4 Å². The van der Waals surface area contributed by atoms with Gasteiger partial charge in [-0.2, -0.15) is 0 Å². The molecule has 6 heteroatoms. The van der Waals surface area contributed by atoms with Crippen LogP contribution in [0.2, 0.25) is 5.22 Å². The number of halogens is 1. The fourth-order valence-electron chi connectivity index (χ4n) is 1.72. The van der Waals surface area contributed by atoms with E-state index < -0.39 is 0 Å². The minimum Gasteiger partial charge on any atom is -0.491 e. The van der Waals surface area contributed by atoms with Crippen LogP contribution in [0, 0.1) is 6.92 Å². The average molecular weight is 296 g/mol. The molecule has 0 bridgehead atoms. The summed E-state index contributed by atoms with van der Waals surface area (Å²) in [6.07, 6.45) is 1.35. The van der Waals surface area contributed by atoms with Crippen LogP contribution in [0.25, 0.3) is 0 Å². The summed E-state index contributed by atoms with van der Waals surface area (Å²) >= 11 is 5.75. The molecule has 0 fully saturated rings. The molecule has 20 heavy (non-hydrogen) atoms. The van der Waals surface area contributed by atoms with Crippen molar-refractivity contribution in [3.05, 3.63) is 46.9 Å². The zero-order valence-corrected chi connectivity index (χ0v) is 11.6. The van der Waals surface area contributed by atoms with Gasteiger partial charge >= 0.3 is 0 Å². The van der Waals surface area contributed by atoms with E-state index in [0.717, 1.165) is 5.56 Å². The highest BCUT2D eigenvalue weighted by Gasteiger charge is 2.13. The summed E-state index contributed by atoms with van der Waals surface area (Å²) in [6.45, 7) is 2.01. The Kier molecular flexibility index (Phi) is 4.65. The van der Waals surface area contributed by atoms with Gasteiger partial charge in [0.2, 0.25) is 5.22 Å². The second kappa shape index (κ2) is 6.45. The maximum absolute atomic E-state index is 12.0. The fraction of sp³-hybridized carbons (Fsp3) is 0.214. The quantitative estimate of drug-likeness (QED) is 0.890. The molecule has 2 N–H and O–H groups in total. The number of rotatable bonds is 5. The average Bonchev–Trinajstić information content (AvgIpc) is 2.82. The Balaban J connectivity index is 2.14. The fourth-order valence-corrected chi connectivity index (χ4v) is 1.92. The SMILES string of the molecule is Cc1cc(NC(=O)c2ccoc2Cl)cc(OCCO)c1. The molecule has 0 unspecified atom stereocenters.